The fraction of sp³-hybridized carbons (Fsp3) is 0.857. The molecule has 2 nitrogen and oxygen atoms in total. The van der Waals surface area contributed by atoms with Crippen molar-refractivity contribution in [2.24, 2.45) is 17.8 Å². The topological polar surface area (TPSA) is 32.3 Å². The summed E-state index contributed by atoms with van der Waals surface area (Å²) in [6, 6.07) is 0. The molecule has 2 aliphatic carbocycles. The van der Waals surface area contributed by atoms with Crippen molar-refractivity contribution < 1.29 is 5.11 Å². The van der Waals surface area contributed by atoms with Gasteiger partial charge in [-0.15, -0.1) is 0 Å². The standard InChI is InChI=1S/C14H25NO/c1-3-14(16,4-2)10-15-9-13-8-11-5-6-12(13)7-11/h5-6,11-13,15-16H,3-4,7-10H2,1-2H3. The van der Waals surface area contributed by atoms with Gasteiger partial charge in [0.05, 0.1) is 5.60 Å². The Hall–Kier alpha value is -0.340. The molecule has 92 valence electrons. The first-order valence-electron chi connectivity index (χ1n) is 6.78. The Morgan fingerprint density at radius 1 is 1.25 bits per heavy atom. The minimum atomic E-state index is -0.493. The Balaban J connectivity index is 1.71. The summed E-state index contributed by atoms with van der Waals surface area (Å²) in [5, 5.41) is 13.6. The number of fused-ring (bicyclic) bond motifs is 2. The van der Waals surface area contributed by atoms with Crippen molar-refractivity contribution in [1.29, 1.82) is 0 Å². The van der Waals surface area contributed by atoms with E-state index in [2.05, 4.69) is 31.3 Å². The summed E-state index contributed by atoms with van der Waals surface area (Å²) in [6.45, 7) is 5.95. The van der Waals surface area contributed by atoms with Crippen LogP contribution in [-0.4, -0.2) is 23.8 Å². The number of allylic oxidation sites excluding steroid dienone is 2. The first-order valence-corrected chi connectivity index (χ1v) is 6.78. The van der Waals surface area contributed by atoms with Gasteiger partial charge in [0, 0.05) is 6.54 Å². The number of hydrogen-bond acceptors (Lipinski definition) is 2. The average molecular weight is 223 g/mol. The van der Waals surface area contributed by atoms with Crippen LogP contribution >= 0.6 is 0 Å². The fourth-order valence-corrected chi connectivity index (χ4v) is 3.12. The van der Waals surface area contributed by atoms with Crippen molar-refractivity contribution in [1.82, 2.24) is 5.32 Å². The van der Waals surface area contributed by atoms with Crippen molar-refractivity contribution in [3.05, 3.63) is 12.2 Å². The molecule has 2 aliphatic rings. The van der Waals surface area contributed by atoms with Crippen LogP contribution in [0.4, 0.5) is 0 Å². The summed E-state index contributed by atoms with van der Waals surface area (Å²) in [5.41, 5.74) is -0.493. The zero-order chi connectivity index (χ0) is 11.6. The molecule has 2 N–H and O–H groups in total. The van der Waals surface area contributed by atoms with Crippen molar-refractivity contribution in [3.8, 4) is 0 Å². The molecule has 0 amide bonds. The molecular weight excluding hydrogens is 198 g/mol. The van der Waals surface area contributed by atoms with Crippen LogP contribution in [0.2, 0.25) is 0 Å². The van der Waals surface area contributed by atoms with E-state index in [0.717, 1.165) is 43.7 Å². The largest absolute Gasteiger partial charge is 0.389 e. The third kappa shape index (κ3) is 2.49. The molecule has 0 heterocycles. The van der Waals surface area contributed by atoms with Gasteiger partial charge >= 0.3 is 0 Å². The summed E-state index contributed by atoms with van der Waals surface area (Å²) in [5.74, 6) is 2.48. The monoisotopic (exact) mass is 223 g/mol. The minimum Gasteiger partial charge on any atom is -0.389 e. The Morgan fingerprint density at radius 2 is 2.00 bits per heavy atom. The normalized spacial score (nSPS) is 32.6. The van der Waals surface area contributed by atoms with Crippen molar-refractivity contribution in [2.75, 3.05) is 13.1 Å². The molecule has 2 bridgehead atoms. The first kappa shape index (κ1) is 12.1. The lowest BCUT2D eigenvalue weighted by Gasteiger charge is -2.27. The smallest absolute Gasteiger partial charge is 0.0766 e. The summed E-state index contributed by atoms with van der Waals surface area (Å²) in [6.07, 6.45) is 9.19. The first-order chi connectivity index (χ1) is 7.67. The SMILES string of the molecule is CCC(O)(CC)CNCC1CC2C=CC1C2. The van der Waals surface area contributed by atoms with E-state index < -0.39 is 5.60 Å². The quantitative estimate of drug-likeness (QED) is 0.677. The number of rotatable bonds is 6. The van der Waals surface area contributed by atoms with Gasteiger partial charge in [0.25, 0.3) is 0 Å². The predicted molar refractivity (Wildman–Crippen MR) is 67.2 cm³/mol. The lowest BCUT2D eigenvalue weighted by Crippen LogP contribution is -2.41. The predicted octanol–water partition coefficient (Wildman–Crippen LogP) is 2.34. The fourth-order valence-electron chi connectivity index (χ4n) is 3.12. The number of hydrogen-bond donors (Lipinski definition) is 2. The number of nitrogens with one attached hydrogen (secondary N) is 1. The van der Waals surface area contributed by atoms with E-state index in [1.54, 1.807) is 0 Å². The van der Waals surface area contributed by atoms with Gasteiger partial charge < -0.3 is 10.4 Å². The second-order valence-electron chi connectivity index (χ2n) is 5.60. The molecule has 0 spiro atoms. The molecule has 3 atom stereocenters. The average Bonchev–Trinajstić information content (AvgIpc) is 2.91. The van der Waals surface area contributed by atoms with Crippen LogP contribution in [0, 0.1) is 17.8 Å². The molecule has 1 fully saturated rings. The van der Waals surface area contributed by atoms with Gasteiger partial charge in [-0.3, -0.25) is 0 Å². The maximum absolute atomic E-state index is 10.2. The van der Waals surface area contributed by atoms with Crippen molar-refractivity contribution >= 4 is 0 Å². The Bertz CT molecular complexity index is 257. The van der Waals surface area contributed by atoms with Gasteiger partial charge in [-0.1, -0.05) is 26.0 Å². The third-order valence-corrected chi connectivity index (χ3v) is 4.59. The molecule has 0 radical (unpaired) electrons. The van der Waals surface area contributed by atoms with Crippen LogP contribution < -0.4 is 5.32 Å². The van der Waals surface area contributed by atoms with Gasteiger partial charge in [0.15, 0.2) is 0 Å². The van der Waals surface area contributed by atoms with E-state index in [9.17, 15) is 5.11 Å². The van der Waals surface area contributed by atoms with Gasteiger partial charge in [0.2, 0.25) is 0 Å². The van der Waals surface area contributed by atoms with E-state index in [-0.39, 0.29) is 0 Å². The molecule has 0 aromatic carbocycles. The third-order valence-electron chi connectivity index (χ3n) is 4.59. The van der Waals surface area contributed by atoms with Crippen molar-refractivity contribution in [3.63, 3.8) is 0 Å². The Morgan fingerprint density at radius 3 is 2.50 bits per heavy atom. The van der Waals surface area contributed by atoms with E-state index in [0.29, 0.717) is 0 Å². The highest BCUT2D eigenvalue weighted by molar-refractivity contribution is 5.10. The molecule has 2 heteroatoms. The maximum Gasteiger partial charge on any atom is 0.0766 e. The Labute approximate surface area is 99.1 Å². The summed E-state index contributed by atoms with van der Waals surface area (Å²) in [4.78, 5) is 0. The highest BCUT2D eigenvalue weighted by Gasteiger charge is 2.35. The highest BCUT2D eigenvalue weighted by atomic mass is 16.3. The molecule has 3 unspecified atom stereocenters. The molecule has 2 rings (SSSR count). The lowest BCUT2D eigenvalue weighted by atomic mass is 9.92. The van der Waals surface area contributed by atoms with Gasteiger partial charge in [-0.05, 0) is 50.0 Å². The van der Waals surface area contributed by atoms with Gasteiger partial charge in [0.1, 0.15) is 0 Å². The molecule has 0 aromatic rings. The zero-order valence-corrected chi connectivity index (χ0v) is 10.6. The minimum absolute atomic E-state index is 0.493. The molecule has 0 aromatic heterocycles. The van der Waals surface area contributed by atoms with E-state index in [1.165, 1.54) is 12.8 Å². The van der Waals surface area contributed by atoms with Crippen LogP contribution in [0.15, 0.2) is 12.2 Å². The molecule has 0 aliphatic heterocycles. The van der Waals surface area contributed by atoms with Crippen LogP contribution in [0.5, 0.6) is 0 Å². The van der Waals surface area contributed by atoms with Crippen LogP contribution in [0.3, 0.4) is 0 Å². The van der Waals surface area contributed by atoms with Crippen LogP contribution in [0.1, 0.15) is 39.5 Å². The second-order valence-corrected chi connectivity index (χ2v) is 5.60. The molecule has 1 saturated carbocycles. The van der Waals surface area contributed by atoms with Crippen LogP contribution in [-0.2, 0) is 0 Å². The molecule has 16 heavy (non-hydrogen) atoms. The zero-order valence-electron chi connectivity index (χ0n) is 10.6. The van der Waals surface area contributed by atoms with Crippen LogP contribution in [0.25, 0.3) is 0 Å². The van der Waals surface area contributed by atoms with E-state index in [4.69, 9.17) is 0 Å². The molecule has 0 saturated heterocycles. The maximum atomic E-state index is 10.2. The summed E-state index contributed by atoms with van der Waals surface area (Å²) < 4.78 is 0. The summed E-state index contributed by atoms with van der Waals surface area (Å²) >= 11 is 0. The van der Waals surface area contributed by atoms with E-state index >= 15 is 0 Å². The van der Waals surface area contributed by atoms with Crippen molar-refractivity contribution in [2.45, 2.75) is 45.1 Å². The number of aliphatic hydroxyl groups is 1. The lowest BCUT2D eigenvalue weighted by molar-refractivity contribution is 0.0315. The van der Waals surface area contributed by atoms with E-state index in [1.807, 2.05) is 0 Å². The summed E-state index contributed by atoms with van der Waals surface area (Å²) in [7, 11) is 0. The second kappa shape index (κ2) is 4.89. The van der Waals surface area contributed by atoms with Gasteiger partial charge in [-0.25, -0.2) is 0 Å². The highest BCUT2D eigenvalue weighted by Crippen LogP contribution is 2.42. The van der Waals surface area contributed by atoms with Gasteiger partial charge in [-0.2, -0.15) is 0 Å². The Kier molecular flexibility index (Phi) is 3.70. The molecular formula is C14H25NO.